The second-order valence-electron chi connectivity index (χ2n) is 4.25. The van der Waals surface area contributed by atoms with E-state index in [0.29, 0.717) is 11.3 Å². The van der Waals surface area contributed by atoms with Gasteiger partial charge in [-0.3, -0.25) is 4.79 Å². The summed E-state index contributed by atoms with van der Waals surface area (Å²) in [7, 11) is 0. The topological polar surface area (TPSA) is 75.3 Å². The molecule has 1 atom stereocenters. The first-order valence-corrected chi connectivity index (χ1v) is 6.01. The maximum atomic E-state index is 12.2. The molecule has 0 aromatic heterocycles. The predicted molar refractivity (Wildman–Crippen MR) is 74.5 cm³/mol. The van der Waals surface area contributed by atoms with Crippen LogP contribution in [0.15, 0.2) is 60.7 Å². The van der Waals surface area contributed by atoms with E-state index in [2.05, 4.69) is 5.32 Å². The zero-order valence-electron chi connectivity index (χ0n) is 10.4. The third-order valence-electron chi connectivity index (χ3n) is 2.95. The van der Waals surface area contributed by atoms with Crippen LogP contribution in [0.2, 0.25) is 0 Å². The highest BCUT2D eigenvalue weighted by molar-refractivity contribution is 5.98. The van der Waals surface area contributed by atoms with Crippen LogP contribution in [0, 0.1) is 0 Å². The summed E-state index contributed by atoms with van der Waals surface area (Å²) in [5.74, 6) is -0.535. The van der Waals surface area contributed by atoms with Crippen molar-refractivity contribution in [2.45, 2.75) is 5.60 Å². The molecule has 0 fully saturated rings. The van der Waals surface area contributed by atoms with Crippen LogP contribution < -0.4 is 11.1 Å². The summed E-state index contributed by atoms with van der Waals surface area (Å²) in [5, 5.41) is 13.1. The number of nitrogens with one attached hydrogen (secondary N) is 1. The van der Waals surface area contributed by atoms with Gasteiger partial charge in [0.25, 0.3) is 5.91 Å². The van der Waals surface area contributed by atoms with E-state index in [4.69, 9.17) is 5.73 Å². The van der Waals surface area contributed by atoms with E-state index in [1.54, 1.807) is 48.5 Å². The summed E-state index contributed by atoms with van der Waals surface area (Å²) in [4.78, 5) is 12.2. The number of carbonyl (C=O) groups excluding carboxylic acids is 1. The first-order valence-electron chi connectivity index (χ1n) is 6.01. The Labute approximate surface area is 111 Å². The lowest BCUT2D eigenvalue weighted by Crippen LogP contribution is -2.46. The molecule has 1 amide bonds. The minimum atomic E-state index is -1.73. The Bertz CT molecular complexity index is 543. The van der Waals surface area contributed by atoms with Gasteiger partial charge in [0.15, 0.2) is 5.60 Å². The normalized spacial score (nSPS) is 13.6. The van der Waals surface area contributed by atoms with Gasteiger partial charge in [-0.2, -0.15) is 0 Å². The maximum Gasteiger partial charge on any atom is 0.262 e. The van der Waals surface area contributed by atoms with Crippen molar-refractivity contribution >= 4 is 11.6 Å². The van der Waals surface area contributed by atoms with Gasteiger partial charge in [-0.1, -0.05) is 48.5 Å². The number of carbonyl (C=O) groups is 1. The number of amides is 1. The molecule has 0 saturated heterocycles. The molecule has 2 aromatic rings. The number of para-hydroxylation sites is 1. The predicted octanol–water partition coefficient (Wildman–Crippen LogP) is 1.47. The van der Waals surface area contributed by atoms with Gasteiger partial charge in [0.2, 0.25) is 0 Å². The maximum absolute atomic E-state index is 12.2. The lowest BCUT2D eigenvalue weighted by Gasteiger charge is -2.25. The lowest BCUT2D eigenvalue weighted by molar-refractivity contribution is -0.134. The first kappa shape index (κ1) is 13.3. The van der Waals surface area contributed by atoms with Crippen LogP contribution in [0.5, 0.6) is 0 Å². The Balaban J connectivity index is 2.24. The average molecular weight is 256 g/mol. The summed E-state index contributed by atoms with van der Waals surface area (Å²) in [6.45, 7) is -0.185. The van der Waals surface area contributed by atoms with Crippen LogP contribution in [0.3, 0.4) is 0 Å². The Morgan fingerprint density at radius 2 is 1.58 bits per heavy atom. The zero-order chi connectivity index (χ0) is 13.7. The summed E-state index contributed by atoms with van der Waals surface area (Å²) in [6, 6.07) is 17.6. The summed E-state index contributed by atoms with van der Waals surface area (Å²) in [5.41, 5.74) is 4.96. The van der Waals surface area contributed by atoms with E-state index in [-0.39, 0.29) is 6.54 Å². The molecule has 0 heterocycles. The molecule has 2 rings (SSSR count). The van der Waals surface area contributed by atoms with Gasteiger partial charge < -0.3 is 16.2 Å². The second-order valence-corrected chi connectivity index (χ2v) is 4.25. The molecule has 0 radical (unpaired) electrons. The molecule has 4 nitrogen and oxygen atoms in total. The average Bonchev–Trinajstić information content (AvgIpc) is 2.48. The Kier molecular flexibility index (Phi) is 3.94. The van der Waals surface area contributed by atoms with Gasteiger partial charge in [0, 0.05) is 12.2 Å². The van der Waals surface area contributed by atoms with E-state index < -0.39 is 11.5 Å². The molecule has 0 aliphatic rings. The third kappa shape index (κ3) is 2.81. The molecule has 0 bridgehead atoms. The van der Waals surface area contributed by atoms with Crippen molar-refractivity contribution in [1.82, 2.24) is 0 Å². The number of aliphatic hydroxyl groups is 1. The van der Waals surface area contributed by atoms with Crippen LogP contribution in [-0.2, 0) is 10.4 Å². The fraction of sp³-hybridized carbons (Fsp3) is 0.133. The molecule has 98 valence electrons. The van der Waals surface area contributed by atoms with Crippen molar-refractivity contribution in [2.75, 3.05) is 11.9 Å². The van der Waals surface area contributed by atoms with Crippen molar-refractivity contribution in [1.29, 1.82) is 0 Å². The molecule has 0 saturated carbocycles. The molecular weight excluding hydrogens is 240 g/mol. The number of benzene rings is 2. The van der Waals surface area contributed by atoms with Gasteiger partial charge >= 0.3 is 0 Å². The zero-order valence-corrected chi connectivity index (χ0v) is 10.4. The summed E-state index contributed by atoms with van der Waals surface area (Å²) < 4.78 is 0. The van der Waals surface area contributed by atoms with Gasteiger partial charge in [-0.25, -0.2) is 0 Å². The van der Waals surface area contributed by atoms with Gasteiger partial charge in [0.05, 0.1) is 0 Å². The SMILES string of the molecule is NCC(O)(C(=O)Nc1ccccc1)c1ccccc1. The number of anilines is 1. The molecule has 4 heteroatoms. The number of hydrogen-bond donors (Lipinski definition) is 3. The Morgan fingerprint density at radius 3 is 2.11 bits per heavy atom. The van der Waals surface area contributed by atoms with E-state index in [1.165, 1.54) is 0 Å². The van der Waals surface area contributed by atoms with Crippen molar-refractivity contribution < 1.29 is 9.90 Å². The molecule has 1 unspecified atom stereocenters. The van der Waals surface area contributed by atoms with Gasteiger partial charge in [-0.05, 0) is 17.7 Å². The fourth-order valence-electron chi connectivity index (χ4n) is 1.81. The van der Waals surface area contributed by atoms with Crippen molar-refractivity contribution in [3.63, 3.8) is 0 Å². The largest absolute Gasteiger partial charge is 0.374 e. The molecule has 4 N–H and O–H groups in total. The number of rotatable bonds is 4. The van der Waals surface area contributed by atoms with Crippen molar-refractivity contribution in [3.05, 3.63) is 66.2 Å². The first-order chi connectivity index (χ1) is 9.16. The van der Waals surface area contributed by atoms with Crippen LogP contribution >= 0.6 is 0 Å². The quantitative estimate of drug-likeness (QED) is 0.775. The van der Waals surface area contributed by atoms with Gasteiger partial charge in [0.1, 0.15) is 0 Å². The Hall–Kier alpha value is -2.17. The van der Waals surface area contributed by atoms with E-state index in [9.17, 15) is 9.90 Å². The summed E-state index contributed by atoms with van der Waals surface area (Å²) >= 11 is 0. The van der Waals surface area contributed by atoms with E-state index in [0.717, 1.165) is 0 Å². The minimum Gasteiger partial charge on any atom is -0.374 e. The van der Waals surface area contributed by atoms with E-state index >= 15 is 0 Å². The van der Waals surface area contributed by atoms with E-state index in [1.807, 2.05) is 12.1 Å². The Morgan fingerprint density at radius 1 is 1.05 bits per heavy atom. The standard InChI is InChI=1S/C15H16N2O2/c16-11-15(19,12-7-3-1-4-8-12)14(18)17-13-9-5-2-6-10-13/h1-10,19H,11,16H2,(H,17,18). The highest BCUT2D eigenvalue weighted by atomic mass is 16.3. The molecular formula is C15H16N2O2. The van der Waals surface area contributed by atoms with Crippen LogP contribution in [0.25, 0.3) is 0 Å². The molecule has 2 aromatic carbocycles. The minimum absolute atomic E-state index is 0.185. The highest BCUT2D eigenvalue weighted by Crippen LogP contribution is 2.22. The number of hydrogen-bond acceptors (Lipinski definition) is 3. The molecule has 0 aliphatic carbocycles. The van der Waals surface area contributed by atoms with Crippen LogP contribution in [0.1, 0.15) is 5.56 Å². The van der Waals surface area contributed by atoms with Crippen LogP contribution in [-0.4, -0.2) is 17.6 Å². The highest BCUT2D eigenvalue weighted by Gasteiger charge is 2.36. The monoisotopic (exact) mass is 256 g/mol. The van der Waals surface area contributed by atoms with Crippen LogP contribution in [0.4, 0.5) is 5.69 Å². The summed E-state index contributed by atoms with van der Waals surface area (Å²) in [6.07, 6.45) is 0. The molecule has 0 spiro atoms. The number of nitrogens with two attached hydrogens (primary N) is 1. The van der Waals surface area contributed by atoms with Crippen molar-refractivity contribution in [2.24, 2.45) is 5.73 Å². The lowest BCUT2D eigenvalue weighted by atomic mass is 9.93. The van der Waals surface area contributed by atoms with Crippen molar-refractivity contribution in [3.8, 4) is 0 Å². The third-order valence-corrected chi connectivity index (χ3v) is 2.95. The smallest absolute Gasteiger partial charge is 0.262 e. The molecule has 0 aliphatic heterocycles. The molecule has 19 heavy (non-hydrogen) atoms. The fourth-order valence-corrected chi connectivity index (χ4v) is 1.81. The van der Waals surface area contributed by atoms with Gasteiger partial charge in [-0.15, -0.1) is 0 Å². The second kappa shape index (κ2) is 5.65.